The molecule has 0 spiro atoms. The van der Waals surface area contributed by atoms with Gasteiger partial charge < -0.3 is 4.98 Å². The molecule has 0 saturated carbocycles. The van der Waals surface area contributed by atoms with Crippen molar-refractivity contribution in [2.24, 2.45) is 7.05 Å². The smallest absolute Gasteiger partial charge is 0.339 e. The SMILES string of the molecule is CCCC.Cn1c(=O)n(CCCCCO[P+](=O)O)c(=O)c2[nH]cnc21. The second kappa shape index (κ2) is 10.9. The molecule has 2 aromatic heterocycles. The van der Waals surface area contributed by atoms with Gasteiger partial charge in [0.15, 0.2) is 5.65 Å². The van der Waals surface area contributed by atoms with E-state index in [2.05, 4.69) is 28.3 Å². The lowest BCUT2D eigenvalue weighted by Gasteiger charge is -2.07. The quantitative estimate of drug-likeness (QED) is 0.540. The highest BCUT2D eigenvalue weighted by molar-refractivity contribution is 7.32. The first-order valence-corrected chi connectivity index (χ1v) is 9.48. The molecule has 2 aromatic rings. The molecule has 0 saturated heterocycles. The van der Waals surface area contributed by atoms with E-state index in [-0.39, 0.29) is 18.7 Å². The van der Waals surface area contributed by atoms with E-state index in [0.29, 0.717) is 30.4 Å². The Kier molecular flexibility index (Phi) is 9.26. The summed E-state index contributed by atoms with van der Waals surface area (Å²) in [4.78, 5) is 39.4. The third-order valence-corrected chi connectivity index (χ3v) is 4.05. The molecule has 2 N–H and O–H groups in total. The van der Waals surface area contributed by atoms with E-state index in [0.717, 1.165) is 4.57 Å². The van der Waals surface area contributed by atoms with Gasteiger partial charge in [-0.1, -0.05) is 26.7 Å². The van der Waals surface area contributed by atoms with Crippen molar-refractivity contribution in [1.29, 1.82) is 0 Å². The van der Waals surface area contributed by atoms with Crippen LogP contribution < -0.4 is 11.2 Å². The van der Waals surface area contributed by atoms with Crippen LogP contribution in [0.4, 0.5) is 0 Å². The zero-order valence-electron chi connectivity index (χ0n) is 14.9. The Labute approximate surface area is 146 Å². The summed E-state index contributed by atoms with van der Waals surface area (Å²) in [7, 11) is -1.00. The molecule has 1 unspecified atom stereocenters. The molecule has 140 valence electrons. The van der Waals surface area contributed by atoms with Crippen LogP contribution in [0.1, 0.15) is 46.0 Å². The van der Waals surface area contributed by atoms with Crippen LogP contribution in [-0.2, 0) is 22.7 Å². The zero-order valence-corrected chi connectivity index (χ0v) is 15.8. The molecule has 25 heavy (non-hydrogen) atoms. The number of nitrogens with zero attached hydrogens (tertiary/aromatic N) is 3. The van der Waals surface area contributed by atoms with Crippen LogP contribution in [0.2, 0.25) is 0 Å². The molecule has 0 aliphatic carbocycles. The van der Waals surface area contributed by atoms with Crippen LogP contribution in [0.5, 0.6) is 0 Å². The fourth-order valence-electron chi connectivity index (χ4n) is 2.08. The number of nitrogens with one attached hydrogen (secondary N) is 1. The molecule has 0 aliphatic rings. The molecular formula is C15H26N4O5P+. The molecule has 2 heterocycles. The van der Waals surface area contributed by atoms with Gasteiger partial charge in [0.2, 0.25) is 0 Å². The monoisotopic (exact) mass is 373 g/mol. The molecule has 0 fully saturated rings. The van der Waals surface area contributed by atoms with Crippen molar-refractivity contribution in [2.45, 2.75) is 52.5 Å². The molecule has 0 bridgehead atoms. The molecule has 0 aromatic carbocycles. The summed E-state index contributed by atoms with van der Waals surface area (Å²) in [6, 6.07) is 0. The fourth-order valence-corrected chi connectivity index (χ4v) is 2.37. The topological polar surface area (TPSA) is 119 Å². The third-order valence-electron chi connectivity index (χ3n) is 3.64. The molecular weight excluding hydrogens is 347 g/mol. The second-order valence-corrected chi connectivity index (χ2v) is 6.27. The van der Waals surface area contributed by atoms with Crippen molar-refractivity contribution in [1.82, 2.24) is 19.1 Å². The van der Waals surface area contributed by atoms with Gasteiger partial charge in [-0.15, -0.1) is 9.42 Å². The van der Waals surface area contributed by atoms with Crippen LogP contribution in [-0.4, -0.2) is 30.6 Å². The van der Waals surface area contributed by atoms with Gasteiger partial charge in [0.05, 0.1) is 6.33 Å². The number of aromatic nitrogens is 4. The summed E-state index contributed by atoms with van der Waals surface area (Å²) in [6.07, 6.45) is 5.88. The average Bonchev–Trinajstić information content (AvgIpc) is 3.08. The minimum absolute atomic E-state index is 0.179. The van der Waals surface area contributed by atoms with E-state index in [1.807, 2.05) is 0 Å². The number of aryl methyl sites for hydroxylation is 1. The third kappa shape index (κ3) is 6.19. The van der Waals surface area contributed by atoms with E-state index < -0.39 is 13.9 Å². The molecule has 0 radical (unpaired) electrons. The van der Waals surface area contributed by atoms with Gasteiger partial charge in [0.1, 0.15) is 12.1 Å². The number of aromatic amines is 1. The Morgan fingerprint density at radius 3 is 2.52 bits per heavy atom. The molecule has 0 aliphatic heterocycles. The van der Waals surface area contributed by atoms with Gasteiger partial charge in [-0.05, 0) is 19.3 Å². The predicted octanol–water partition coefficient (Wildman–Crippen LogP) is 2.07. The van der Waals surface area contributed by atoms with Gasteiger partial charge in [-0.25, -0.2) is 9.78 Å². The lowest BCUT2D eigenvalue weighted by molar-refractivity contribution is 0.273. The predicted molar refractivity (Wildman–Crippen MR) is 95.8 cm³/mol. The maximum atomic E-state index is 12.2. The van der Waals surface area contributed by atoms with Crippen molar-refractivity contribution in [3.8, 4) is 0 Å². The van der Waals surface area contributed by atoms with Crippen LogP contribution in [0.15, 0.2) is 15.9 Å². The number of hydrogen-bond acceptors (Lipinski definition) is 5. The van der Waals surface area contributed by atoms with Crippen molar-refractivity contribution in [3.63, 3.8) is 0 Å². The first-order valence-electron chi connectivity index (χ1n) is 8.35. The maximum absolute atomic E-state index is 12.2. The van der Waals surface area contributed by atoms with Gasteiger partial charge in [-0.3, -0.25) is 13.9 Å². The Morgan fingerprint density at radius 2 is 1.92 bits per heavy atom. The van der Waals surface area contributed by atoms with Crippen molar-refractivity contribution in [3.05, 3.63) is 27.2 Å². The molecule has 1 atom stereocenters. The zero-order chi connectivity index (χ0) is 18.8. The minimum atomic E-state index is -2.56. The molecule has 2 rings (SSSR count). The van der Waals surface area contributed by atoms with Crippen LogP contribution >= 0.6 is 8.25 Å². The van der Waals surface area contributed by atoms with Gasteiger partial charge in [0, 0.05) is 18.2 Å². The summed E-state index contributed by atoms with van der Waals surface area (Å²) in [5.74, 6) is 0. The van der Waals surface area contributed by atoms with Crippen LogP contribution in [0, 0.1) is 0 Å². The Hall–Kier alpha value is -1.83. The number of unbranched alkanes of at least 4 members (excludes halogenated alkanes) is 3. The number of H-pyrrole nitrogens is 1. The van der Waals surface area contributed by atoms with E-state index in [9.17, 15) is 14.2 Å². The summed E-state index contributed by atoms with van der Waals surface area (Å²) < 4.78 is 17.3. The summed E-state index contributed by atoms with van der Waals surface area (Å²) in [5.41, 5.74) is -0.159. The van der Waals surface area contributed by atoms with Crippen LogP contribution in [0.3, 0.4) is 0 Å². The summed E-state index contributed by atoms with van der Waals surface area (Å²) in [6.45, 7) is 4.82. The summed E-state index contributed by atoms with van der Waals surface area (Å²) in [5, 5.41) is 0. The highest BCUT2D eigenvalue weighted by Crippen LogP contribution is 2.15. The molecule has 9 nitrogen and oxygen atoms in total. The maximum Gasteiger partial charge on any atom is 0.694 e. The summed E-state index contributed by atoms with van der Waals surface area (Å²) >= 11 is 0. The Balaban J connectivity index is 0.000000705. The fraction of sp³-hybridized carbons (Fsp3) is 0.667. The highest BCUT2D eigenvalue weighted by atomic mass is 31.1. The van der Waals surface area contributed by atoms with Gasteiger partial charge >= 0.3 is 13.9 Å². The van der Waals surface area contributed by atoms with E-state index >= 15 is 0 Å². The Morgan fingerprint density at radius 1 is 1.24 bits per heavy atom. The second-order valence-electron chi connectivity index (χ2n) is 5.53. The average molecular weight is 373 g/mol. The van der Waals surface area contributed by atoms with Crippen molar-refractivity contribution >= 4 is 19.4 Å². The first kappa shape index (κ1) is 21.2. The number of rotatable bonds is 8. The Bertz CT molecular complexity index is 793. The largest absolute Gasteiger partial charge is 0.694 e. The van der Waals surface area contributed by atoms with Crippen molar-refractivity contribution < 1.29 is 14.0 Å². The molecule has 10 heteroatoms. The number of fused-ring (bicyclic) bond motifs is 1. The van der Waals surface area contributed by atoms with Crippen LogP contribution in [0.25, 0.3) is 11.2 Å². The van der Waals surface area contributed by atoms with E-state index in [1.165, 1.54) is 23.7 Å². The minimum Gasteiger partial charge on any atom is -0.339 e. The lowest BCUT2D eigenvalue weighted by Crippen LogP contribution is -2.39. The molecule has 0 amide bonds. The van der Waals surface area contributed by atoms with Crippen molar-refractivity contribution in [2.75, 3.05) is 6.61 Å². The lowest BCUT2D eigenvalue weighted by atomic mass is 10.2. The highest BCUT2D eigenvalue weighted by Gasteiger charge is 2.13. The standard InChI is InChI=1S/C11H15N4O5P.C4H10/c1-14-9-8(12-7-13-9)10(16)15(11(14)17)5-3-2-4-6-20-21(18)19;1-3-4-2/h7H,2-6H2,1H3,(H-,12,13,16,18,19);3-4H2,1-2H3/p+1. The normalized spacial score (nSPS) is 11.3. The van der Waals surface area contributed by atoms with E-state index in [1.54, 1.807) is 7.05 Å². The van der Waals surface area contributed by atoms with Gasteiger partial charge in [0.25, 0.3) is 5.56 Å². The number of hydrogen-bond donors (Lipinski definition) is 2. The van der Waals surface area contributed by atoms with Gasteiger partial charge in [-0.2, -0.15) is 0 Å². The van der Waals surface area contributed by atoms with E-state index in [4.69, 9.17) is 4.89 Å². The first-order chi connectivity index (χ1) is 11.9. The number of imidazole rings is 1.